The molecule has 2 aliphatic heterocycles. The van der Waals surface area contributed by atoms with Gasteiger partial charge >= 0.3 is 12.7 Å². The summed E-state index contributed by atoms with van der Waals surface area (Å²) < 4.78 is 73.0. The molecule has 4 aromatic heterocycles. The zero-order valence-corrected chi connectivity index (χ0v) is 19.2. The Morgan fingerprint density at radius 3 is 2.76 bits per heavy atom. The number of aromatic nitrogens is 6. The summed E-state index contributed by atoms with van der Waals surface area (Å²) in [5.41, 5.74) is 0.262. The van der Waals surface area contributed by atoms with E-state index in [1.165, 1.54) is 33.7 Å². The Balaban J connectivity index is 1.54. The van der Waals surface area contributed by atoms with Crippen molar-refractivity contribution >= 4 is 17.1 Å². The smallest absolute Gasteiger partial charge is 0.410 e. The molecule has 1 atom stereocenters. The van der Waals surface area contributed by atoms with E-state index in [0.29, 0.717) is 17.6 Å². The number of hydrogen-bond donors (Lipinski definition) is 1. The first-order valence-corrected chi connectivity index (χ1v) is 11.2. The molecule has 0 aromatic carbocycles. The second-order valence-electron chi connectivity index (χ2n) is 8.50. The summed E-state index contributed by atoms with van der Waals surface area (Å²) in [7, 11) is 1.52. The van der Waals surface area contributed by atoms with Gasteiger partial charge in [-0.25, -0.2) is 23.2 Å². The summed E-state index contributed by atoms with van der Waals surface area (Å²) >= 11 is 0. The molecule has 0 radical (unpaired) electrons. The molecule has 0 saturated carbocycles. The third-order valence-electron chi connectivity index (χ3n) is 6.25. The van der Waals surface area contributed by atoms with Crippen LogP contribution in [-0.2, 0) is 18.3 Å². The van der Waals surface area contributed by atoms with E-state index in [-0.39, 0.29) is 53.9 Å². The lowest BCUT2D eigenvalue weighted by molar-refractivity contribution is -0.0527. The minimum absolute atomic E-state index is 0.0247. The Morgan fingerprint density at radius 2 is 2.03 bits per heavy atom. The summed E-state index contributed by atoms with van der Waals surface area (Å²) in [6.07, 6.45) is -0.551. The molecule has 4 aromatic rings. The largest absolute Gasteiger partial charge is 0.475 e. The lowest BCUT2D eigenvalue weighted by Gasteiger charge is -2.30. The number of nitrogens with one attached hydrogen (secondary N) is 1. The van der Waals surface area contributed by atoms with Crippen LogP contribution in [0.3, 0.4) is 0 Å². The molecule has 0 unspecified atom stereocenters. The minimum Gasteiger partial charge on any atom is -0.475 e. The average Bonchev–Trinajstić information content (AvgIpc) is 3.61. The molecule has 11 nitrogen and oxygen atoms in total. The maximum absolute atomic E-state index is 14.3. The molecule has 15 heteroatoms. The van der Waals surface area contributed by atoms with Gasteiger partial charge in [-0.1, -0.05) is 0 Å². The van der Waals surface area contributed by atoms with Gasteiger partial charge in [0.15, 0.2) is 0 Å². The summed E-state index contributed by atoms with van der Waals surface area (Å²) in [5.74, 6) is -0.330. The van der Waals surface area contributed by atoms with Crippen molar-refractivity contribution < 1.29 is 36.6 Å². The first-order valence-electron chi connectivity index (χ1n) is 11.2. The van der Waals surface area contributed by atoms with Crippen LogP contribution in [0, 0.1) is 0 Å². The van der Waals surface area contributed by atoms with E-state index in [4.69, 9.17) is 9.47 Å². The van der Waals surface area contributed by atoms with Crippen molar-refractivity contribution in [2.75, 3.05) is 19.8 Å². The SMILES string of the molecule is Cn1cc(-c2c(-c3c(C(F)F)nn4c3OC[C@@H](N3CCOC3=O)C4)[nH]c3ncccc23)c(OC(F)F)n1. The quantitative estimate of drug-likeness (QED) is 0.386. The molecule has 6 rings (SSSR count). The molecule has 1 amide bonds. The first kappa shape index (κ1) is 23.1. The van der Waals surface area contributed by atoms with Crippen molar-refractivity contribution in [2.45, 2.75) is 25.6 Å². The summed E-state index contributed by atoms with van der Waals surface area (Å²) in [4.78, 5) is 20.8. The number of aromatic amines is 1. The molecular weight excluding hydrogens is 502 g/mol. The van der Waals surface area contributed by atoms with E-state index in [2.05, 4.69) is 24.9 Å². The molecule has 0 aliphatic carbocycles. The predicted octanol–water partition coefficient (Wildman–Crippen LogP) is 3.58. The molecule has 6 heterocycles. The van der Waals surface area contributed by atoms with Crippen molar-refractivity contribution in [1.82, 2.24) is 34.4 Å². The Morgan fingerprint density at radius 1 is 1.19 bits per heavy atom. The first-order chi connectivity index (χ1) is 17.8. The Labute approximate surface area is 205 Å². The number of halogens is 4. The lowest BCUT2D eigenvalue weighted by Crippen LogP contribution is -2.45. The van der Waals surface area contributed by atoms with E-state index < -0.39 is 30.9 Å². The normalized spacial score (nSPS) is 17.5. The van der Waals surface area contributed by atoms with Gasteiger partial charge in [0.1, 0.15) is 24.6 Å². The van der Waals surface area contributed by atoms with Crippen LogP contribution in [-0.4, -0.2) is 72.9 Å². The number of cyclic esters (lactones) is 1. The van der Waals surface area contributed by atoms with Crippen molar-refractivity contribution in [2.24, 2.45) is 7.05 Å². The van der Waals surface area contributed by atoms with Gasteiger partial charge in [-0.2, -0.15) is 13.9 Å². The van der Waals surface area contributed by atoms with E-state index >= 15 is 0 Å². The monoisotopic (exact) mass is 521 g/mol. The summed E-state index contributed by atoms with van der Waals surface area (Å²) in [6.45, 7) is -2.45. The number of pyridine rings is 1. The highest BCUT2D eigenvalue weighted by molar-refractivity contribution is 6.04. The number of fused-ring (bicyclic) bond motifs is 2. The number of ether oxygens (including phenoxy) is 3. The second-order valence-corrected chi connectivity index (χ2v) is 8.50. The topological polar surface area (TPSA) is 112 Å². The zero-order chi connectivity index (χ0) is 25.8. The number of aryl methyl sites for hydroxylation is 1. The van der Waals surface area contributed by atoms with Crippen LogP contribution < -0.4 is 9.47 Å². The maximum Gasteiger partial charge on any atom is 0.410 e. The fourth-order valence-corrected chi connectivity index (χ4v) is 4.78. The van der Waals surface area contributed by atoms with Gasteiger partial charge in [-0.15, -0.1) is 5.10 Å². The second kappa shape index (κ2) is 8.67. The lowest BCUT2D eigenvalue weighted by atomic mass is 10.0. The van der Waals surface area contributed by atoms with Crippen molar-refractivity contribution in [3.8, 4) is 34.1 Å². The molecule has 2 aliphatic rings. The van der Waals surface area contributed by atoms with E-state index in [9.17, 15) is 22.4 Å². The number of alkyl halides is 4. The van der Waals surface area contributed by atoms with Crippen LogP contribution in [0.1, 0.15) is 12.1 Å². The van der Waals surface area contributed by atoms with E-state index in [1.807, 2.05) is 0 Å². The number of nitrogens with zero attached hydrogens (tertiary/aromatic N) is 6. The van der Waals surface area contributed by atoms with Crippen LogP contribution >= 0.6 is 0 Å². The Bertz CT molecular complexity index is 1500. The van der Waals surface area contributed by atoms with Crippen LogP contribution in [0.15, 0.2) is 24.5 Å². The zero-order valence-electron chi connectivity index (χ0n) is 19.2. The van der Waals surface area contributed by atoms with Crippen molar-refractivity contribution in [3.63, 3.8) is 0 Å². The van der Waals surface area contributed by atoms with E-state index in [1.54, 1.807) is 12.1 Å². The van der Waals surface area contributed by atoms with Crippen molar-refractivity contribution in [3.05, 3.63) is 30.2 Å². The Kier molecular flexibility index (Phi) is 5.42. The van der Waals surface area contributed by atoms with Gasteiger partial charge < -0.3 is 19.2 Å². The highest BCUT2D eigenvalue weighted by Gasteiger charge is 2.38. The third kappa shape index (κ3) is 3.81. The highest BCUT2D eigenvalue weighted by Crippen LogP contribution is 2.47. The van der Waals surface area contributed by atoms with Gasteiger partial charge in [0, 0.05) is 30.4 Å². The number of carbonyl (C=O) groups is 1. The van der Waals surface area contributed by atoms with Gasteiger partial charge in [0.25, 0.3) is 6.43 Å². The van der Waals surface area contributed by atoms with Gasteiger partial charge in [-0.05, 0) is 12.1 Å². The number of rotatable bonds is 6. The molecular formula is C22H19F4N7O4. The van der Waals surface area contributed by atoms with Crippen LogP contribution in [0.2, 0.25) is 0 Å². The molecule has 1 N–H and O–H groups in total. The number of H-pyrrole nitrogens is 1. The van der Waals surface area contributed by atoms with Crippen LogP contribution in [0.5, 0.6) is 11.8 Å². The average molecular weight is 521 g/mol. The highest BCUT2D eigenvalue weighted by atomic mass is 19.3. The predicted molar refractivity (Wildman–Crippen MR) is 118 cm³/mol. The number of amides is 1. The number of carbonyl (C=O) groups excluding carboxylic acids is 1. The Hall–Kier alpha value is -4.30. The minimum atomic E-state index is -3.15. The maximum atomic E-state index is 14.3. The summed E-state index contributed by atoms with van der Waals surface area (Å²) in [5, 5.41) is 8.55. The molecule has 37 heavy (non-hydrogen) atoms. The summed E-state index contributed by atoms with van der Waals surface area (Å²) in [6, 6.07) is 2.84. The molecule has 194 valence electrons. The van der Waals surface area contributed by atoms with Crippen LogP contribution in [0.25, 0.3) is 33.4 Å². The van der Waals surface area contributed by atoms with Gasteiger partial charge in [0.2, 0.25) is 11.8 Å². The molecule has 0 bridgehead atoms. The molecule has 0 spiro atoms. The number of hydrogen-bond acceptors (Lipinski definition) is 7. The van der Waals surface area contributed by atoms with Crippen molar-refractivity contribution in [1.29, 1.82) is 0 Å². The fraction of sp³-hybridized carbons (Fsp3) is 0.364. The van der Waals surface area contributed by atoms with E-state index in [0.717, 1.165) is 0 Å². The molecule has 1 fully saturated rings. The standard InChI is InChI=1S/C22H19F4N7O4/c1-31-8-12(19(30-31)37-21(25)26)13-11-3-2-4-27-18(11)28-15(13)14-16(17(23)24)29-33-7-10(9-36-20(14)33)32-5-6-35-22(32)34/h2-4,8,10,17,21H,5-7,9H2,1H3,(H,27,28)/t10-/m0/s1. The third-order valence-corrected chi connectivity index (χ3v) is 6.25. The van der Waals surface area contributed by atoms with Gasteiger partial charge in [-0.3, -0.25) is 9.58 Å². The fourth-order valence-electron chi connectivity index (χ4n) is 4.78. The van der Waals surface area contributed by atoms with Gasteiger partial charge in [0.05, 0.1) is 36.0 Å². The molecule has 1 saturated heterocycles. The van der Waals surface area contributed by atoms with Crippen LogP contribution in [0.4, 0.5) is 22.4 Å².